The summed E-state index contributed by atoms with van der Waals surface area (Å²) >= 11 is 0. The summed E-state index contributed by atoms with van der Waals surface area (Å²) in [6.07, 6.45) is 0. The van der Waals surface area contributed by atoms with Gasteiger partial charge in [-0.2, -0.15) is 5.26 Å². The van der Waals surface area contributed by atoms with Crippen LogP contribution in [-0.4, -0.2) is 31.9 Å². The van der Waals surface area contributed by atoms with Gasteiger partial charge in [0.05, 0.1) is 18.1 Å². The van der Waals surface area contributed by atoms with Gasteiger partial charge in [-0.25, -0.2) is 8.42 Å². The predicted molar refractivity (Wildman–Crippen MR) is 88.8 cm³/mol. The molecule has 128 valence electrons. The Morgan fingerprint density at radius 2 is 1.76 bits per heavy atom. The molecule has 0 heterocycles. The maximum Gasteiger partial charge on any atom is 0.326 e. The smallest absolute Gasteiger partial charge is 0.326 e. The van der Waals surface area contributed by atoms with E-state index in [1.54, 1.807) is 48.5 Å². The molecule has 2 aromatic rings. The highest BCUT2D eigenvalue weighted by atomic mass is 32.2. The molecule has 3 rings (SSSR count). The zero-order valence-corrected chi connectivity index (χ0v) is 14.1. The number of rotatable bonds is 5. The predicted octanol–water partition coefficient (Wildman–Crippen LogP) is 2.23. The second kappa shape index (κ2) is 5.90. The van der Waals surface area contributed by atoms with E-state index in [0.717, 1.165) is 0 Å². The maximum absolute atomic E-state index is 12.9. The van der Waals surface area contributed by atoms with Crippen molar-refractivity contribution in [3.05, 3.63) is 60.2 Å². The van der Waals surface area contributed by atoms with Gasteiger partial charge in [-0.1, -0.05) is 30.3 Å². The van der Waals surface area contributed by atoms with Gasteiger partial charge in [0.15, 0.2) is 15.3 Å². The van der Waals surface area contributed by atoms with E-state index in [2.05, 4.69) is 0 Å². The third-order valence-electron chi connectivity index (χ3n) is 4.55. The molecule has 6 nitrogen and oxygen atoms in total. The normalized spacial score (nSPS) is 25.0. The van der Waals surface area contributed by atoms with Crippen molar-refractivity contribution in [3.8, 4) is 11.8 Å². The van der Waals surface area contributed by atoms with Crippen molar-refractivity contribution in [2.75, 3.05) is 7.11 Å². The van der Waals surface area contributed by atoms with Gasteiger partial charge < -0.3 is 9.84 Å². The summed E-state index contributed by atoms with van der Waals surface area (Å²) in [6.45, 7) is 0. The number of sulfone groups is 1. The molecule has 1 saturated carbocycles. The summed E-state index contributed by atoms with van der Waals surface area (Å²) in [5, 5.41) is 17.8. The molecule has 0 amide bonds. The van der Waals surface area contributed by atoms with Gasteiger partial charge in [0.2, 0.25) is 0 Å². The Balaban J connectivity index is 2.10. The Bertz CT molecular complexity index is 947. The molecule has 3 atom stereocenters. The number of benzene rings is 2. The Morgan fingerprint density at radius 3 is 2.24 bits per heavy atom. The van der Waals surface area contributed by atoms with Crippen LogP contribution in [0.5, 0.6) is 5.75 Å². The molecule has 1 N–H and O–H groups in total. The molecule has 0 radical (unpaired) electrons. The minimum atomic E-state index is -3.98. The lowest BCUT2D eigenvalue weighted by Crippen LogP contribution is -2.22. The summed E-state index contributed by atoms with van der Waals surface area (Å²) in [6, 6.07) is 15.8. The Morgan fingerprint density at radius 1 is 1.16 bits per heavy atom. The average molecular weight is 357 g/mol. The Labute approximate surface area is 145 Å². The minimum Gasteiger partial charge on any atom is -0.497 e. The van der Waals surface area contributed by atoms with Gasteiger partial charge in [0, 0.05) is 5.92 Å². The molecule has 2 aromatic carbocycles. The van der Waals surface area contributed by atoms with Crippen molar-refractivity contribution >= 4 is 15.8 Å². The lowest BCUT2D eigenvalue weighted by molar-refractivity contribution is -0.141. The fraction of sp³-hybridized carbons (Fsp3) is 0.222. The van der Waals surface area contributed by atoms with Gasteiger partial charge in [0.25, 0.3) is 0 Å². The van der Waals surface area contributed by atoms with Gasteiger partial charge in [-0.3, -0.25) is 4.79 Å². The third-order valence-corrected chi connectivity index (χ3v) is 6.79. The van der Waals surface area contributed by atoms with Crippen LogP contribution in [0.15, 0.2) is 59.5 Å². The summed E-state index contributed by atoms with van der Waals surface area (Å²) < 4.78 is 30.9. The largest absolute Gasteiger partial charge is 0.497 e. The number of hydrogen-bond donors (Lipinski definition) is 1. The van der Waals surface area contributed by atoms with E-state index in [0.29, 0.717) is 11.3 Å². The minimum absolute atomic E-state index is 0.0110. The van der Waals surface area contributed by atoms with Crippen LogP contribution in [0, 0.1) is 16.7 Å². The van der Waals surface area contributed by atoms with E-state index >= 15 is 0 Å². The lowest BCUT2D eigenvalue weighted by Gasteiger charge is -2.04. The quantitative estimate of drug-likeness (QED) is 0.880. The van der Waals surface area contributed by atoms with Crippen LogP contribution < -0.4 is 4.74 Å². The summed E-state index contributed by atoms with van der Waals surface area (Å²) in [5.41, 5.74) is -1.52. The van der Waals surface area contributed by atoms with Crippen LogP contribution in [0.1, 0.15) is 11.5 Å². The number of carboxylic acids is 1. The van der Waals surface area contributed by atoms with E-state index in [1.165, 1.54) is 19.2 Å². The van der Waals surface area contributed by atoms with Crippen LogP contribution in [-0.2, 0) is 14.6 Å². The van der Waals surface area contributed by atoms with E-state index in [9.17, 15) is 23.6 Å². The van der Waals surface area contributed by atoms with Gasteiger partial charge in [0.1, 0.15) is 11.0 Å². The van der Waals surface area contributed by atoms with Crippen LogP contribution in [0.2, 0.25) is 0 Å². The zero-order chi connectivity index (χ0) is 18.2. The highest BCUT2D eigenvalue weighted by Crippen LogP contribution is 2.64. The summed E-state index contributed by atoms with van der Waals surface area (Å²) in [5.74, 6) is -1.81. The fourth-order valence-electron chi connectivity index (χ4n) is 3.22. The fourth-order valence-corrected chi connectivity index (χ4v) is 5.49. The molecule has 1 fully saturated rings. The van der Waals surface area contributed by atoms with Crippen molar-refractivity contribution in [1.82, 2.24) is 0 Å². The summed E-state index contributed by atoms with van der Waals surface area (Å²) in [7, 11) is -2.49. The topological polar surface area (TPSA) is 104 Å². The average Bonchev–Trinajstić information content (AvgIpc) is 3.34. The third kappa shape index (κ3) is 2.46. The molecule has 0 saturated heterocycles. The summed E-state index contributed by atoms with van der Waals surface area (Å²) in [4.78, 5) is 11.8. The van der Waals surface area contributed by atoms with Crippen LogP contribution in [0.3, 0.4) is 0 Å². The van der Waals surface area contributed by atoms with Crippen LogP contribution in [0.4, 0.5) is 0 Å². The zero-order valence-electron chi connectivity index (χ0n) is 13.3. The van der Waals surface area contributed by atoms with Gasteiger partial charge in [-0.05, 0) is 29.8 Å². The number of carboxylic acid groups (broad SMARTS) is 1. The second-order valence-electron chi connectivity index (χ2n) is 5.82. The molecule has 0 aliphatic heterocycles. The Hall–Kier alpha value is -2.85. The second-order valence-corrected chi connectivity index (χ2v) is 7.88. The molecule has 0 aromatic heterocycles. The molecule has 1 aliphatic carbocycles. The molecule has 25 heavy (non-hydrogen) atoms. The number of ether oxygens (including phenoxy) is 1. The highest BCUT2D eigenvalue weighted by molar-refractivity contribution is 7.92. The van der Waals surface area contributed by atoms with Gasteiger partial charge >= 0.3 is 5.97 Å². The molecule has 1 aliphatic rings. The molecule has 0 spiro atoms. The van der Waals surface area contributed by atoms with Crippen molar-refractivity contribution in [2.45, 2.75) is 16.1 Å². The van der Waals surface area contributed by atoms with Crippen molar-refractivity contribution < 1.29 is 23.1 Å². The monoisotopic (exact) mass is 357 g/mol. The highest BCUT2D eigenvalue weighted by Gasteiger charge is 2.77. The van der Waals surface area contributed by atoms with E-state index < -0.39 is 32.4 Å². The number of methoxy groups -OCH3 is 1. The first-order valence-corrected chi connectivity index (χ1v) is 9.01. The number of nitrogens with zero attached hydrogens (tertiary/aromatic N) is 1. The van der Waals surface area contributed by atoms with Crippen molar-refractivity contribution in [3.63, 3.8) is 0 Å². The van der Waals surface area contributed by atoms with Crippen molar-refractivity contribution in [1.29, 1.82) is 5.26 Å². The van der Waals surface area contributed by atoms with E-state index in [4.69, 9.17) is 4.74 Å². The molecular formula is C18H15NO5S. The SMILES string of the molecule is COc1ccc([C@@H]2[C@H](S(=O)(=O)c3ccccc3)[C@@]2(C#N)C(=O)O)cc1. The first kappa shape index (κ1) is 17.0. The van der Waals surface area contributed by atoms with E-state index in [1.807, 2.05) is 0 Å². The molecular weight excluding hydrogens is 342 g/mol. The lowest BCUT2D eigenvalue weighted by atomic mass is 10.0. The van der Waals surface area contributed by atoms with Gasteiger partial charge in [-0.15, -0.1) is 0 Å². The molecule has 0 bridgehead atoms. The molecule has 0 unspecified atom stereocenters. The number of carbonyl (C=O) groups is 1. The standard InChI is InChI=1S/C18H15NO5S/c1-24-13-9-7-12(8-10-13)15-16(18(15,11-19)17(20)21)25(22,23)14-5-3-2-4-6-14/h2-10,15-16H,1H3,(H,20,21)/t15-,16+,18+/m1/s1. The first-order valence-electron chi connectivity index (χ1n) is 7.47. The van der Waals surface area contributed by atoms with Crippen LogP contribution >= 0.6 is 0 Å². The first-order chi connectivity index (χ1) is 11.9. The molecule has 7 heteroatoms. The number of hydrogen-bond acceptors (Lipinski definition) is 5. The van der Waals surface area contributed by atoms with E-state index in [-0.39, 0.29) is 4.90 Å². The number of nitriles is 1. The Kier molecular flexibility index (Phi) is 4.01. The number of aliphatic carboxylic acids is 1. The maximum atomic E-state index is 12.9. The van der Waals surface area contributed by atoms with Crippen LogP contribution in [0.25, 0.3) is 0 Å². The van der Waals surface area contributed by atoms with Crippen molar-refractivity contribution in [2.24, 2.45) is 5.41 Å².